The van der Waals surface area contributed by atoms with Gasteiger partial charge in [0.15, 0.2) is 0 Å². The maximum atomic E-state index is 13.1. The lowest BCUT2D eigenvalue weighted by Gasteiger charge is -2.27. The fraction of sp³-hybridized carbons (Fsp3) is 0.452. The lowest BCUT2D eigenvalue weighted by atomic mass is 10.0. The van der Waals surface area contributed by atoms with Crippen molar-refractivity contribution in [2.24, 2.45) is 0 Å². The number of hydrogen-bond donors (Lipinski definition) is 4. The van der Waals surface area contributed by atoms with Crippen LogP contribution in [0.3, 0.4) is 0 Å². The van der Waals surface area contributed by atoms with E-state index >= 15 is 0 Å². The standard InChI is InChI=1S/C31H38N6O9/c1-20(38)35-25-9-7-21(19-34-25)28(40)33-12-4-14-45-16-18-46-17-15-44-13-3-11-32-23-6-2-5-22-27(23)31(43)37(30(22)42)24-8-10-26(39)36-29(24)41/h2,5-7,9,19,24,32H,3-4,8,10-18H2,1H3,(H,33,40)(H,34,35,38)(H,36,39,41). The SMILES string of the molecule is CC(=O)Nc1ccc(C(=O)NCCCOCCOCCOCCCNc2cccc3c2C(=O)N(C2CCC(=O)NC2=O)C3=O)cn1. The van der Waals surface area contributed by atoms with Crippen LogP contribution in [0.2, 0.25) is 0 Å². The van der Waals surface area contributed by atoms with Crippen LogP contribution < -0.4 is 21.3 Å². The van der Waals surface area contributed by atoms with Crippen LogP contribution in [0.15, 0.2) is 36.5 Å². The Morgan fingerprint density at radius 3 is 2.26 bits per heavy atom. The van der Waals surface area contributed by atoms with Crippen molar-refractivity contribution in [2.45, 2.75) is 38.6 Å². The number of rotatable bonds is 18. The Morgan fingerprint density at radius 1 is 0.913 bits per heavy atom. The average molecular weight is 639 g/mol. The first-order valence-electron chi connectivity index (χ1n) is 15.1. The molecular weight excluding hydrogens is 600 g/mol. The van der Waals surface area contributed by atoms with Crippen LogP contribution in [-0.2, 0) is 28.6 Å². The number of nitrogens with zero attached hydrogens (tertiary/aromatic N) is 2. The number of ether oxygens (including phenoxy) is 3. The number of anilines is 2. The molecule has 0 bridgehead atoms. The number of imide groups is 2. The van der Waals surface area contributed by atoms with Gasteiger partial charge < -0.3 is 30.2 Å². The van der Waals surface area contributed by atoms with Gasteiger partial charge in [0.2, 0.25) is 17.7 Å². The molecule has 0 saturated carbocycles. The molecule has 1 saturated heterocycles. The van der Waals surface area contributed by atoms with Gasteiger partial charge in [0.1, 0.15) is 11.9 Å². The number of hydrogen-bond acceptors (Lipinski definition) is 11. The molecule has 246 valence electrons. The Kier molecular flexibility index (Phi) is 12.7. The van der Waals surface area contributed by atoms with Crippen molar-refractivity contribution in [1.29, 1.82) is 0 Å². The third-order valence-corrected chi connectivity index (χ3v) is 7.07. The summed E-state index contributed by atoms with van der Waals surface area (Å²) in [5, 5.41) is 10.7. The molecule has 2 aliphatic heterocycles. The van der Waals surface area contributed by atoms with Crippen molar-refractivity contribution in [3.63, 3.8) is 0 Å². The Bertz CT molecular complexity index is 1430. The van der Waals surface area contributed by atoms with Crippen LogP contribution in [0, 0.1) is 0 Å². The molecule has 1 aromatic heterocycles. The van der Waals surface area contributed by atoms with Gasteiger partial charge in [-0.3, -0.25) is 39.0 Å². The molecule has 2 aromatic rings. The highest BCUT2D eigenvalue weighted by molar-refractivity contribution is 6.25. The number of benzene rings is 1. The van der Waals surface area contributed by atoms with E-state index in [9.17, 15) is 28.8 Å². The molecule has 1 fully saturated rings. The van der Waals surface area contributed by atoms with Crippen molar-refractivity contribution in [1.82, 2.24) is 20.5 Å². The van der Waals surface area contributed by atoms with E-state index in [1.807, 2.05) is 0 Å². The van der Waals surface area contributed by atoms with Crippen LogP contribution in [0.25, 0.3) is 0 Å². The van der Waals surface area contributed by atoms with E-state index in [0.29, 0.717) is 82.6 Å². The fourth-order valence-corrected chi connectivity index (χ4v) is 4.86. The zero-order valence-electron chi connectivity index (χ0n) is 25.6. The second-order valence-electron chi connectivity index (χ2n) is 10.5. The van der Waals surface area contributed by atoms with E-state index in [2.05, 4.69) is 26.3 Å². The van der Waals surface area contributed by atoms with Crippen LogP contribution in [0.1, 0.15) is 63.7 Å². The normalized spacial score (nSPS) is 15.8. The summed E-state index contributed by atoms with van der Waals surface area (Å²) in [7, 11) is 0. The van der Waals surface area contributed by atoms with E-state index in [1.165, 1.54) is 13.1 Å². The van der Waals surface area contributed by atoms with E-state index in [4.69, 9.17) is 14.2 Å². The van der Waals surface area contributed by atoms with Gasteiger partial charge in [0.25, 0.3) is 17.7 Å². The van der Waals surface area contributed by atoms with Gasteiger partial charge in [0.05, 0.1) is 43.1 Å². The highest BCUT2D eigenvalue weighted by Crippen LogP contribution is 2.32. The molecule has 2 aliphatic rings. The molecule has 0 aliphatic carbocycles. The van der Waals surface area contributed by atoms with E-state index in [-0.39, 0.29) is 35.8 Å². The van der Waals surface area contributed by atoms with Gasteiger partial charge in [-0.05, 0) is 43.5 Å². The summed E-state index contributed by atoms with van der Waals surface area (Å²) in [6, 6.07) is 7.08. The van der Waals surface area contributed by atoms with Gasteiger partial charge in [-0.1, -0.05) is 6.07 Å². The molecule has 4 rings (SSSR count). The van der Waals surface area contributed by atoms with Gasteiger partial charge in [-0.2, -0.15) is 0 Å². The quantitative estimate of drug-likeness (QED) is 0.135. The zero-order valence-corrected chi connectivity index (χ0v) is 25.6. The lowest BCUT2D eigenvalue weighted by Crippen LogP contribution is -2.54. The largest absolute Gasteiger partial charge is 0.384 e. The molecule has 1 aromatic carbocycles. The van der Waals surface area contributed by atoms with Crippen molar-refractivity contribution in [3.8, 4) is 0 Å². The van der Waals surface area contributed by atoms with Gasteiger partial charge in [0, 0.05) is 51.5 Å². The van der Waals surface area contributed by atoms with Crippen molar-refractivity contribution >= 4 is 46.9 Å². The summed E-state index contributed by atoms with van der Waals surface area (Å²) in [5.74, 6) is -2.26. The first-order chi connectivity index (χ1) is 22.3. The molecular formula is C31H38N6O9. The third kappa shape index (κ3) is 9.39. The molecule has 15 heteroatoms. The molecule has 15 nitrogen and oxygen atoms in total. The number of piperidine rings is 1. The summed E-state index contributed by atoms with van der Waals surface area (Å²) in [6.45, 7) is 4.87. The van der Waals surface area contributed by atoms with Crippen LogP contribution in [-0.4, -0.2) is 104 Å². The van der Waals surface area contributed by atoms with Crippen LogP contribution in [0.4, 0.5) is 11.5 Å². The highest BCUT2D eigenvalue weighted by Gasteiger charge is 2.45. The Balaban J connectivity index is 1.00. The minimum atomic E-state index is -1.01. The molecule has 46 heavy (non-hydrogen) atoms. The number of nitrogens with one attached hydrogen (secondary N) is 4. The van der Waals surface area contributed by atoms with Crippen molar-refractivity contribution < 1.29 is 43.0 Å². The topological polar surface area (TPSA) is 194 Å². The smallest absolute Gasteiger partial charge is 0.264 e. The van der Waals surface area contributed by atoms with E-state index < -0.39 is 29.7 Å². The summed E-state index contributed by atoms with van der Waals surface area (Å²) in [4.78, 5) is 78.0. The van der Waals surface area contributed by atoms with Gasteiger partial charge >= 0.3 is 0 Å². The predicted molar refractivity (Wildman–Crippen MR) is 164 cm³/mol. The molecule has 0 radical (unpaired) electrons. The molecule has 6 amide bonds. The number of amides is 6. The highest BCUT2D eigenvalue weighted by atomic mass is 16.5. The second kappa shape index (κ2) is 17.1. The number of fused-ring (bicyclic) bond motifs is 1. The third-order valence-electron chi connectivity index (χ3n) is 7.07. The summed E-state index contributed by atoms with van der Waals surface area (Å²) in [5.41, 5.74) is 1.35. The van der Waals surface area contributed by atoms with E-state index in [0.717, 1.165) is 4.90 Å². The second-order valence-corrected chi connectivity index (χ2v) is 10.5. The number of pyridine rings is 1. The summed E-state index contributed by atoms with van der Waals surface area (Å²) >= 11 is 0. The first kappa shape index (κ1) is 34.1. The minimum Gasteiger partial charge on any atom is -0.384 e. The number of aromatic nitrogens is 1. The molecule has 0 spiro atoms. The number of carbonyl (C=O) groups is 6. The Labute approximate surface area is 265 Å². The molecule has 4 N–H and O–H groups in total. The lowest BCUT2D eigenvalue weighted by molar-refractivity contribution is -0.136. The number of carbonyl (C=O) groups excluding carboxylic acids is 6. The maximum Gasteiger partial charge on any atom is 0.264 e. The Morgan fingerprint density at radius 2 is 1.61 bits per heavy atom. The van der Waals surface area contributed by atoms with Crippen molar-refractivity contribution in [2.75, 3.05) is 63.4 Å². The predicted octanol–water partition coefficient (Wildman–Crippen LogP) is 1.11. The monoisotopic (exact) mass is 638 g/mol. The molecule has 1 unspecified atom stereocenters. The first-order valence-corrected chi connectivity index (χ1v) is 15.1. The molecule has 1 atom stereocenters. The minimum absolute atomic E-state index is 0.0659. The summed E-state index contributed by atoms with van der Waals surface area (Å²) in [6.07, 6.45) is 2.85. The van der Waals surface area contributed by atoms with Gasteiger partial charge in [-0.25, -0.2) is 4.98 Å². The molecule has 3 heterocycles. The maximum absolute atomic E-state index is 13.1. The van der Waals surface area contributed by atoms with E-state index in [1.54, 1.807) is 30.3 Å². The average Bonchev–Trinajstić information content (AvgIpc) is 3.28. The summed E-state index contributed by atoms with van der Waals surface area (Å²) < 4.78 is 16.6. The zero-order chi connectivity index (χ0) is 32.9. The fourth-order valence-electron chi connectivity index (χ4n) is 4.86. The van der Waals surface area contributed by atoms with Gasteiger partial charge in [-0.15, -0.1) is 0 Å². The van der Waals surface area contributed by atoms with Crippen LogP contribution >= 0.6 is 0 Å². The Hall–Kier alpha value is -4.73. The van der Waals surface area contributed by atoms with Crippen molar-refractivity contribution in [3.05, 3.63) is 53.2 Å². The van der Waals surface area contributed by atoms with Crippen LogP contribution in [0.5, 0.6) is 0 Å².